The van der Waals surface area contributed by atoms with Gasteiger partial charge in [-0.1, -0.05) is 6.07 Å². The Bertz CT molecular complexity index is 628. The first-order chi connectivity index (χ1) is 8.95. The molecular formula is C13H10BrF2NOS. The van der Waals surface area contributed by atoms with Gasteiger partial charge in [0.05, 0.1) is 21.0 Å². The average molecular weight is 346 g/mol. The van der Waals surface area contributed by atoms with E-state index >= 15 is 0 Å². The van der Waals surface area contributed by atoms with Crippen LogP contribution in [0.3, 0.4) is 0 Å². The SMILES string of the molecule is Nc1cc(F)cc(S(=O)Cc2ccc(F)c(Br)c2)c1. The zero-order chi connectivity index (χ0) is 14.0. The monoisotopic (exact) mass is 345 g/mol. The lowest BCUT2D eigenvalue weighted by molar-refractivity contribution is 0.620. The largest absolute Gasteiger partial charge is 0.399 e. The fourth-order valence-corrected chi connectivity index (χ4v) is 3.17. The summed E-state index contributed by atoms with van der Waals surface area (Å²) in [6.07, 6.45) is 0. The summed E-state index contributed by atoms with van der Waals surface area (Å²) in [5.74, 6) is -0.741. The van der Waals surface area contributed by atoms with Crippen molar-refractivity contribution in [2.24, 2.45) is 0 Å². The average Bonchev–Trinajstić information content (AvgIpc) is 2.32. The predicted molar refractivity (Wildman–Crippen MR) is 75.0 cm³/mol. The fourth-order valence-electron chi connectivity index (χ4n) is 1.58. The molecule has 0 aromatic heterocycles. The number of nitrogens with two attached hydrogens (primary N) is 1. The van der Waals surface area contributed by atoms with Crippen LogP contribution in [-0.2, 0) is 16.6 Å². The first kappa shape index (κ1) is 14.1. The number of anilines is 1. The maximum Gasteiger partial charge on any atom is 0.137 e. The molecule has 100 valence electrons. The highest BCUT2D eigenvalue weighted by Crippen LogP contribution is 2.21. The van der Waals surface area contributed by atoms with E-state index in [9.17, 15) is 13.0 Å². The molecule has 2 nitrogen and oxygen atoms in total. The minimum atomic E-state index is -1.43. The van der Waals surface area contributed by atoms with Crippen molar-refractivity contribution < 1.29 is 13.0 Å². The molecule has 19 heavy (non-hydrogen) atoms. The van der Waals surface area contributed by atoms with Crippen LogP contribution < -0.4 is 5.73 Å². The maximum absolute atomic E-state index is 13.2. The summed E-state index contributed by atoms with van der Waals surface area (Å²) < 4.78 is 38.6. The second kappa shape index (κ2) is 5.79. The van der Waals surface area contributed by atoms with Gasteiger partial charge in [-0.25, -0.2) is 8.78 Å². The molecule has 1 unspecified atom stereocenters. The van der Waals surface area contributed by atoms with Crippen molar-refractivity contribution in [2.45, 2.75) is 10.6 Å². The lowest BCUT2D eigenvalue weighted by Gasteiger charge is -2.05. The molecule has 0 heterocycles. The fraction of sp³-hybridized carbons (Fsp3) is 0.0769. The van der Waals surface area contributed by atoms with Crippen molar-refractivity contribution >= 4 is 32.4 Å². The Morgan fingerprint density at radius 2 is 1.89 bits per heavy atom. The van der Waals surface area contributed by atoms with Crippen LogP contribution in [0.4, 0.5) is 14.5 Å². The molecule has 2 N–H and O–H groups in total. The molecule has 1 atom stereocenters. The predicted octanol–water partition coefficient (Wildman–Crippen LogP) is 3.62. The molecule has 0 aliphatic carbocycles. The van der Waals surface area contributed by atoms with Gasteiger partial charge in [0.2, 0.25) is 0 Å². The maximum atomic E-state index is 13.2. The van der Waals surface area contributed by atoms with Gasteiger partial charge in [0.1, 0.15) is 11.6 Å². The number of rotatable bonds is 3. The Labute approximate surface area is 120 Å². The number of nitrogen functional groups attached to an aromatic ring is 1. The summed E-state index contributed by atoms with van der Waals surface area (Å²) in [5, 5.41) is 0. The second-order valence-electron chi connectivity index (χ2n) is 3.96. The van der Waals surface area contributed by atoms with Crippen LogP contribution in [0.15, 0.2) is 45.8 Å². The van der Waals surface area contributed by atoms with Gasteiger partial charge in [-0.15, -0.1) is 0 Å². The minimum Gasteiger partial charge on any atom is -0.399 e. The van der Waals surface area contributed by atoms with Crippen LogP contribution in [0, 0.1) is 11.6 Å². The van der Waals surface area contributed by atoms with E-state index in [4.69, 9.17) is 5.73 Å². The van der Waals surface area contributed by atoms with Gasteiger partial charge in [-0.2, -0.15) is 0 Å². The van der Waals surface area contributed by atoms with E-state index in [0.717, 1.165) is 6.07 Å². The van der Waals surface area contributed by atoms with E-state index in [-0.39, 0.29) is 17.3 Å². The van der Waals surface area contributed by atoms with Gasteiger partial charge in [-0.3, -0.25) is 4.21 Å². The summed E-state index contributed by atoms with van der Waals surface area (Å²) in [4.78, 5) is 0.318. The number of halogens is 3. The molecule has 0 aliphatic heterocycles. The van der Waals surface area contributed by atoms with Gasteiger partial charge in [0.15, 0.2) is 0 Å². The molecule has 0 aliphatic rings. The van der Waals surface area contributed by atoms with Crippen molar-refractivity contribution in [2.75, 3.05) is 5.73 Å². The van der Waals surface area contributed by atoms with Gasteiger partial charge >= 0.3 is 0 Å². The van der Waals surface area contributed by atoms with Crippen LogP contribution in [0.2, 0.25) is 0 Å². The lowest BCUT2D eigenvalue weighted by Crippen LogP contribution is -1.99. The lowest BCUT2D eigenvalue weighted by atomic mass is 10.2. The highest BCUT2D eigenvalue weighted by molar-refractivity contribution is 9.10. The van der Waals surface area contributed by atoms with Crippen molar-refractivity contribution in [3.8, 4) is 0 Å². The van der Waals surface area contributed by atoms with Gasteiger partial charge in [0.25, 0.3) is 0 Å². The van der Waals surface area contributed by atoms with Crippen LogP contribution in [0.5, 0.6) is 0 Å². The van der Waals surface area contributed by atoms with Crippen molar-refractivity contribution in [3.05, 3.63) is 58.1 Å². The number of benzene rings is 2. The third kappa shape index (κ3) is 3.61. The van der Waals surface area contributed by atoms with Crippen molar-refractivity contribution in [3.63, 3.8) is 0 Å². The Kier molecular flexibility index (Phi) is 4.31. The van der Waals surface area contributed by atoms with Crippen LogP contribution in [0.1, 0.15) is 5.56 Å². The van der Waals surface area contributed by atoms with Crippen molar-refractivity contribution in [1.29, 1.82) is 0 Å². The minimum absolute atomic E-state index is 0.168. The topological polar surface area (TPSA) is 43.1 Å². The molecule has 6 heteroatoms. The van der Waals surface area contributed by atoms with E-state index in [1.54, 1.807) is 12.1 Å². The molecule has 2 aromatic carbocycles. The first-order valence-corrected chi connectivity index (χ1v) is 7.45. The molecule has 0 radical (unpaired) electrons. The molecule has 0 amide bonds. The third-order valence-corrected chi connectivity index (χ3v) is 4.40. The molecule has 2 rings (SSSR count). The van der Waals surface area contributed by atoms with E-state index in [1.807, 2.05) is 0 Å². The summed E-state index contributed by atoms with van der Waals surface area (Å²) in [5.41, 5.74) is 6.42. The summed E-state index contributed by atoms with van der Waals surface area (Å²) >= 11 is 3.06. The zero-order valence-corrected chi connectivity index (χ0v) is 12.1. The van der Waals surface area contributed by atoms with Crippen LogP contribution in [-0.4, -0.2) is 4.21 Å². The van der Waals surface area contributed by atoms with Crippen LogP contribution >= 0.6 is 15.9 Å². The molecule has 0 saturated carbocycles. The smallest absolute Gasteiger partial charge is 0.137 e. The molecular weight excluding hydrogens is 336 g/mol. The Hall–Kier alpha value is -1.27. The summed E-state index contributed by atoms with van der Waals surface area (Å²) in [7, 11) is -1.43. The molecule has 0 fully saturated rings. The molecule has 2 aromatic rings. The third-order valence-electron chi connectivity index (χ3n) is 2.44. The van der Waals surface area contributed by atoms with Gasteiger partial charge < -0.3 is 5.73 Å². The normalized spacial score (nSPS) is 12.4. The molecule has 0 spiro atoms. The second-order valence-corrected chi connectivity index (χ2v) is 6.26. The highest BCUT2D eigenvalue weighted by atomic mass is 79.9. The Morgan fingerprint density at radius 1 is 1.16 bits per heavy atom. The zero-order valence-electron chi connectivity index (χ0n) is 9.70. The van der Waals surface area contributed by atoms with Gasteiger partial charge in [0, 0.05) is 10.6 Å². The first-order valence-electron chi connectivity index (χ1n) is 5.34. The van der Waals surface area contributed by atoms with Gasteiger partial charge in [-0.05, 0) is 51.8 Å². The number of hydrogen-bond donors (Lipinski definition) is 1. The Balaban J connectivity index is 2.22. The van der Waals surface area contributed by atoms with Crippen LogP contribution in [0.25, 0.3) is 0 Å². The number of hydrogen-bond acceptors (Lipinski definition) is 2. The molecule has 0 saturated heterocycles. The quantitative estimate of drug-likeness (QED) is 0.863. The standard InChI is InChI=1S/C13H10BrF2NOS/c14-12-3-8(1-2-13(12)16)7-19(18)11-5-9(15)4-10(17)6-11/h1-6H,7,17H2. The molecule has 0 bridgehead atoms. The van der Waals surface area contributed by atoms with E-state index < -0.39 is 16.6 Å². The van der Waals surface area contributed by atoms with E-state index in [0.29, 0.717) is 14.9 Å². The Morgan fingerprint density at radius 3 is 2.53 bits per heavy atom. The van der Waals surface area contributed by atoms with E-state index in [2.05, 4.69) is 15.9 Å². The highest BCUT2D eigenvalue weighted by Gasteiger charge is 2.09. The van der Waals surface area contributed by atoms with E-state index in [1.165, 1.54) is 18.2 Å². The summed E-state index contributed by atoms with van der Waals surface area (Å²) in [6, 6.07) is 8.20. The summed E-state index contributed by atoms with van der Waals surface area (Å²) in [6.45, 7) is 0. The van der Waals surface area contributed by atoms with Crippen molar-refractivity contribution in [1.82, 2.24) is 0 Å².